The number of carboxylic acids is 2. The molecule has 0 heterocycles. The van der Waals surface area contributed by atoms with E-state index in [2.05, 4.69) is 0 Å². The van der Waals surface area contributed by atoms with E-state index in [1.54, 1.807) is 13.8 Å². The van der Waals surface area contributed by atoms with Gasteiger partial charge in [0, 0.05) is 0 Å². The average Bonchev–Trinajstić information content (AvgIpc) is 2.35. The van der Waals surface area contributed by atoms with Crippen molar-refractivity contribution in [2.45, 2.75) is 56.8 Å². The zero-order chi connectivity index (χ0) is 14.6. The molecule has 0 aromatic heterocycles. The van der Waals surface area contributed by atoms with Gasteiger partial charge < -0.3 is 25.5 Å². The minimum Gasteiger partial charge on any atom is -0.479 e. The fourth-order valence-corrected chi connectivity index (χ4v) is 1.35. The van der Waals surface area contributed by atoms with Crippen LogP contribution in [0.1, 0.15) is 39.5 Å². The van der Waals surface area contributed by atoms with Gasteiger partial charge in [0.05, 0.1) is 6.10 Å². The van der Waals surface area contributed by atoms with Crippen molar-refractivity contribution >= 4 is 11.9 Å². The Morgan fingerprint density at radius 1 is 1.28 bits per heavy atom. The summed E-state index contributed by atoms with van der Waals surface area (Å²) in [6, 6.07) is 0. The third kappa shape index (κ3) is 3.41. The van der Waals surface area contributed by atoms with Crippen molar-refractivity contribution in [3.8, 4) is 0 Å². The lowest BCUT2D eigenvalue weighted by atomic mass is 9.77. The molecule has 2 unspecified atom stereocenters. The van der Waals surface area contributed by atoms with E-state index in [0.29, 0.717) is 6.42 Å². The quantitative estimate of drug-likeness (QED) is 0.465. The lowest BCUT2D eigenvalue weighted by Crippen LogP contribution is -2.57. The molecule has 7 heteroatoms. The summed E-state index contributed by atoms with van der Waals surface area (Å²) in [4.78, 5) is 20.3. The molecule has 0 aliphatic heterocycles. The number of rotatable bonds is 4. The van der Waals surface area contributed by atoms with Gasteiger partial charge in [0.25, 0.3) is 0 Å². The van der Waals surface area contributed by atoms with E-state index in [9.17, 15) is 9.59 Å². The minimum atomic E-state index is -1.85. The summed E-state index contributed by atoms with van der Waals surface area (Å²) in [5.74, 6) is -2.46. The van der Waals surface area contributed by atoms with Crippen molar-refractivity contribution < 1.29 is 35.1 Å². The molecular formula is C11H20O7. The van der Waals surface area contributed by atoms with Gasteiger partial charge in [0.15, 0.2) is 11.2 Å². The molecule has 0 aromatic carbocycles. The fourth-order valence-electron chi connectivity index (χ4n) is 1.35. The van der Waals surface area contributed by atoms with Crippen LogP contribution in [-0.2, 0) is 9.59 Å². The first-order valence-corrected chi connectivity index (χ1v) is 5.73. The van der Waals surface area contributed by atoms with Crippen molar-refractivity contribution in [2.75, 3.05) is 0 Å². The Morgan fingerprint density at radius 3 is 1.72 bits per heavy atom. The highest BCUT2D eigenvalue weighted by molar-refractivity contribution is 5.79. The Kier molecular flexibility index (Phi) is 5.72. The molecule has 7 nitrogen and oxygen atoms in total. The second kappa shape index (κ2) is 6.12. The van der Waals surface area contributed by atoms with E-state index in [0.717, 1.165) is 0 Å². The predicted octanol–water partition coefficient (Wildman–Crippen LogP) is -0.421. The Labute approximate surface area is 105 Å². The van der Waals surface area contributed by atoms with Gasteiger partial charge in [-0.15, -0.1) is 0 Å². The van der Waals surface area contributed by atoms with E-state index in [4.69, 9.17) is 25.5 Å². The van der Waals surface area contributed by atoms with Crippen molar-refractivity contribution in [1.29, 1.82) is 0 Å². The molecule has 106 valence electrons. The van der Waals surface area contributed by atoms with Crippen LogP contribution >= 0.6 is 0 Å². The third-order valence-electron chi connectivity index (χ3n) is 3.29. The highest BCUT2D eigenvalue weighted by Gasteiger charge is 2.51. The first-order chi connectivity index (χ1) is 8.14. The first-order valence-electron chi connectivity index (χ1n) is 5.73. The molecule has 0 amide bonds. The van der Waals surface area contributed by atoms with E-state index in [-0.39, 0.29) is 19.3 Å². The summed E-state index contributed by atoms with van der Waals surface area (Å²) in [6.45, 7) is 3.30. The normalized spacial score (nSPS) is 26.6. The summed E-state index contributed by atoms with van der Waals surface area (Å²) >= 11 is 0. The van der Waals surface area contributed by atoms with Crippen LogP contribution in [0.3, 0.4) is 0 Å². The number of aliphatic hydroxyl groups excluding tert-OH is 1. The maximum atomic E-state index is 10.2. The number of aliphatic carboxylic acids is 2. The van der Waals surface area contributed by atoms with E-state index >= 15 is 0 Å². The van der Waals surface area contributed by atoms with E-state index < -0.39 is 29.2 Å². The summed E-state index contributed by atoms with van der Waals surface area (Å²) in [5, 5.41) is 43.4. The molecule has 0 saturated heterocycles. The van der Waals surface area contributed by atoms with Gasteiger partial charge in [-0.05, 0) is 25.7 Å². The van der Waals surface area contributed by atoms with Crippen LogP contribution in [0.4, 0.5) is 0 Å². The molecule has 1 aliphatic carbocycles. The summed E-state index contributed by atoms with van der Waals surface area (Å²) in [7, 11) is 0. The zero-order valence-electron chi connectivity index (χ0n) is 10.5. The predicted molar refractivity (Wildman–Crippen MR) is 61.0 cm³/mol. The Bertz CT molecular complexity index is 291. The number of hydrogen-bond donors (Lipinski definition) is 5. The Balaban J connectivity index is 0.000000321. The molecule has 0 bridgehead atoms. The van der Waals surface area contributed by atoms with Gasteiger partial charge in [-0.25, -0.2) is 9.59 Å². The lowest BCUT2D eigenvalue weighted by molar-refractivity contribution is -0.192. The molecule has 0 spiro atoms. The average molecular weight is 264 g/mol. The maximum Gasteiger partial charge on any atom is 0.338 e. The molecule has 1 saturated carbocycles. The van der Waals surface area contributed by atoms with Gasteiger partial charge in [0.1, 0.15) is 0 Å². The van der Waals surface area contributed by atoms with Crippen molar-refractivity contribution in [2.24, 2.45) is 0 Å². The number of hydrogen-bond acceptors (Lipinski definition) is 5. The summed E-state index contributed by atoms with van der Waals surface area (Å²) < 4.78 is 0. The van der Waals surface area contributed by atoms with E-state index in [1.165, 1.54) is 0 Å². The SMILES string of the molecule is CCC(O)(CC)C(=O)O.O=C(O)C1(O)CCC1O. The van der Waals surface area contributed by atoms with Crippen molar-refractivity contribution in [3.63, 3.8) is 0 Å². The fraction of sp³-hybridized carbons (Fsp3) is 0.818. The van der Waals surface area contributed by atoms with Crippen LogP contribution in [0, 0.1) is 0 Å². The van der Waals surface area contributed by atoms with Crippen LogP contribution in [0.2, 0.25) is 0 Å². The molecule has 18 heavy (non-hydrogen) atoms. The number of carboxylic acid groups (broad SMARTS) is 2. The van der Waals surface area contributed by atoms with Crippen LogP contribution in [0.25, 0.3) is 0 Å². The van der Waals surface area contributed by atoms with Gasteiger partial charge in [-0.1, -0.05) is 13.8 Å². The molecule has 2 atom stereocenters. The van der Waals surface area contributed by atoms with Gasteiger partial charge in [0.2, 0.25) is 0 Å². The molecule has 0 aromatic rings. The second-order valence-electron chi connectivity index (χ2n) is 4.33. The summed E-state index contributed by atoms with van der Waals surface area (Å²) in [6.07, 6.45) is -0.0146. The smallest absolute Gasteiger partial charge is 0.338 e. The largest absolute Gasteiger partial charge is 0.479 e. The van der Waals surface area contributed by atoms with Crippen LogP contribution in [0.5, 0.6) is 0 Å². The van der Waals surface area contributed by atoms with E-state index in [1.807, 2.05) is 0 Å². The van der Waals surface area contributed by atoms with Gasteiger partial charge in [-0.2, -0.15) is 0 Å². The summed E-state index contributed by atoms with van der Waals surface area (Å²) in [5.41, 5.74) is -3.35. The standard InChI is InChI=1S/C6H12O3.C5H8O4/c1-3-6(9,4-2)5(7)8;6-3-1-2-5(3,9)4(7)8/h9H,3-4H2,1-2H3,(H,7,8);3,6,9H,1-2H2,(H,7,8). The molecule has 1 aliphatic rings. The van der Waals surface area contributed by atoms with Gasteiger partial charge in [-0.3, -0.25) is 0 Å². The maximum absolute atomic E-state index is 10.2. The Morgan fingerprint density at radius 2 is 1.72 bits per heavy atom. The molecular weight excluding hydrogens is 244 g/mol. The zero-order valence-corrected chi connectivity index (χ0v) is 10.5. The van der Waals surface area contributed by atoms with Crippen LogP contribution in [0.15, 0.2) is 0 Å². The Hall–Kier alpha value is -1.18. The van der Waals surface area contributed by atoms with Crippen molar-refractivity contribution in [1.82, 2.24) is 0 Å². The molecule has 0 radical (unpaired) electrons. The first kappa shape index (κ1) is 16.8. The van der Waals surface area contributed by atoms with Gasteiger partial charge >= 0.3 is 11.9 Å². The number of carbonyl (C=O) groups is 2. The number of aliphatic hydroxyl groups is 3. The monoisotopic (exact) mass is 264 g/mol. The molecule has 1 rings (SSSR count). The topological polar surface area (TPSA) is 135 Å². The minimum absolute atomic E-state index is 0.156. The lowest BCUT2D eigenvalue weighted by Gasteiger charge is -2.37. The van der Waals surface area contributed by atoms with Crippen LogP contribution in [-0.4, -0.2) is 54.8 Å². The highest BCUT2D eigenvalue weighted by atomic mass is 16.4. The van der Waals surface area contributed by atoms with Crippen molar-refractivity contribution in [3.05, 3.63) is 0 Å². The van der Waals surface area contributed by atoms with Crippen LogP contribution < -0.4 is 0 Å². The second-order valence-corrected chi connectivity index (χ2v) is 4.33. The third-order valence-corrected chi connectivity index (χ3v) is 3.29. The molecule has 5 N–H and O–H groups in total. The molecule has 1 fully saturated rings. The highest BCUT2D eigenvalue weighted by Crippen LogP contribution is 2.31.